The smallest absolute Gasteiger partial charge is 0.205 e. The van der Waals surface area contributed by atoms with E-state index in [1.807, 2.05) is 54.8 Å². The zero-order chi connectivity index (χ0) is 13.4. The van der Waals surface area contributed by atoms with Crippen molar-refractivity contribution < 1.29 is 4.74 Å². The maximum Gasteiger partial charge on any atom is 0.205 e. The number of nitrogen functional groups attached to an aromatic ring is 1. The minimum absolute atomic E-state index is 0.738. The summed E-state index contributed by atoms with van der Waals surface area (Å²) in [5, 5.41) is 0. The lowest BCUT2D eigenvalue weighted by atomic mass is 10.1. The van der Waals surface area contributed by atoms with Crippen molar-refractivity contribution in [2.45, 2.75) is 13.8 Å². The normalized spacial score (nSPS) is 10.8. The molecular formula is C15H15N3O. The van der Waals surface area contributed by atoms with Crippen LogP contribution in [-0.2, 0) is 0 Å². The van der Waals surface area contributed by atoms with Gasteiger partial charge in [-0.3, -0.25) is 4.40 Å². The largest absolute Gasteiger partial charge is 0.440 e. The van der Waals surface area contributed by atoms with Crippen molar-refractivity contribution in [3.05, 3.63) is 53.9 Å². The number of imidazole rings is 1. The molecule has 0 radical (unpaired) electrons. The molecule has 0 aliphatic rings. The van der Waals surface area contributed by atoms with Crippen molar-refractivity contribution in [2.75, 3.05) is 5.73 Å². The monoisotopic (exact) mass is 253 g/mol. The van der Waals surface area contributed by atoms with Gasteiger partial charge in [0.1, 0.15) is 11.4 Å². The molecule has 0 amide bonds. The van der Waals surface area contributed by atoms with E-state index in [9.17, 15) is 0 Å². The Morgan fingerprint density at radius 1 is 1.16 bits per heavy atom. The molecule has 4 heteroatoms. The Labute approximate surface area is 111 Å². The molecule has 0 fully saturated rings. The molecule has 2 N–H and O–H groups in total. The second-order valence-corrected chi connectivity index (χ2v) is 4.60. The third-order valence-electron chi connectivity index (χ3n) is 3.17. The van der Waals surface area contributed by atoms with Gasteiger partial charge in [-0.15, -0.1) is 0 Å². The molecule has 3 rings (SSSR count). The van der Waals surface area contributed by atoms with Crippen LogP contribution in [0.2, 0.25) is 0 Å². The summed E-state index contributed by atoms with van der Waals surface area (Å²) in [7, 11) is 0. The standard InChI is InChI=1S/C15H15N3O/c1-10-9-13(11(2)8-12(10)16)19-15-5-3-4-14-17-6-7-18(14)15/h3-9H,16H2,1-2H3. The zero-order valence-corrected chi connectivity index (χ0v) is 10.9. The quantitative estimate of drug-likeness (QED) is 0.713. The summed E-state index contributed by atoms with van der Waals surface area (Å²) >= 11 is 0. The third kappa shape index (κ3) is 2.01. The first-order valence-electron chi connectivity index (χ1n) is 6.12. The lowest BCUT2D eigenvalue weighted by Crippen LogP contribution is -1.97. The maximum absolute atomic E-state index is 5.98. The summed E-state index contributed by atoms with van der Waals surface area (Å²) in [6.07, 6.45) is 3.63. The highest BCUT2D eigenvalue weighted by Crippen LogP contribution is 2.29. The Morgan fingerprint density at radius 3 is 2.84 bits per heavy atom. The lowest BCUT2D eigenvalue weighted by molar-refractivity contribution is 0.452. The number of hydrogen-bond donors (Lipinski definition) is 1. The SMILES string of the molecule is Cc1cc(Oc2cccc3nccn23)c(C)cc1N. The molecule has 0 saturated heterocycles. The fraction of sp³-hybridized carbons (Fsp3) is 0.133. The molecule has 0 aliphatic heterocycles. The van der Waals surface area contributed by atoms with E-state index in [1.165, 1.54) is 0 Å². The number of fused-ring (bicyclic) bond motifs is 1. The van der Waals surface area contributed by atoms with Gasteiger partial charge in [-0.05, 0) is 49.2 Å². The first kappa shape index (κ1) is 11.6. The average molecular weight is 253 g/mol. The van der Waals surface area contributed by atoms with Crippen molar-refractivity contribution in [3.8, 4) is 11.6 Å². The molecular weight excluding hydrogens is 238 g/mol. The van der Waals surface area contributed by atoms with Gasteiger partial charge in [-0.2, -0.15) is 0 Å². The van der Waals surface area contributed by atoms with Gasteiger partial charge < -0.3 is 10.5 Å². The van der Waals surface area contributed by atoms with Crippen molar-refractivity contribution in [3.63, 3.8) is 0 Å². The molecule has 1 aromatic carbocycles. The van der Waals surface area contributed by atoms with E-state index in [0.717, 1.165) is 34.1 Å². The Hall–Kier alpha value is -2.49. The Bertz CT molecular complexity index is 746. The van der Waals surface area contributed by atoms with Crippen LogP contribution in [0.25, 0.3) is 5.65 Å². The van der Waals surface area contributed by atoms with Gasteiger partial charge in [0.2, 0.25) is 5.88 Å². The number of hydrogen-bond acceptors (Lipinski definition) is 3. The topological polar surface area (TPSA) is 52.5 Å². The summed E-state index contributed by atoms with van der Waals surface area (Å²) < 4.78 is 7.89. The fourth-order valence-corrected chi connectivity index (χ4v) is 2.04. The fourth-order valence-electron chi connectivity index (χ4n) is 2.04. The highest BCUT2D eigenvalue weighted by Gasteiger charge is 2.07. The molecule has 19 heavy (non-hydrogen) atoms. The van der Waals surface area contributed by atoms with Gasteiger partial charge in [0, 0.05) is 18.1 Å². The molecule has 0 unspecified atom stereocenters. The minimum Gasteiger partial charge on any atom is -0.440 e. The van der Waals surface area contributed by atoms with Crippen molar-refractivity contribution in [1.29, 1.82) is 0 Å². The minimum atomic E-state index is 0.738. The average Bonchev–Trinajstić information content (AvgIpc) is 2.85. The van der Waals surface area contributed by atoms with E-state index in [4.69, 9.17) is 10.5 Å². The second-order valence-electron chi connectivity index (χ2n) is 4.60. The highest BCUT2D eigenvalue weighted by molar-refractivity contribution is 5.54. The van der Waals surface area contributed by atoms with Crippen LogP contribution in [0, 0.1) is 13.8 Å². The van der Waals surface area contributed by atoms with Gasteiger partial charge in [0.05, 0.1) is 0 Å². The summed E-state index contributed by atoms with van der Waals surface area (Å²) in [6, 6.07) is 9.67. The molecule has 96 valence electrons. The van der Waals surface area contributed by atoms with Crippen LogP contribution in [0.4, 0.5) is 5.69 Å². The Morgan fingerprint density at radius 2 is 2.00 bits per heavy atom. The molecule has 2 aromatic heterocycles. The summed E-state index contributed by atoms with van der Waals surface area (Å²) in [5.74, 6) is 1.55. The van der Waals surface area contributed by atoms with E-state index in [0.29, 0.717) is 0 Å². The number of aromatic nitrogens is 2. The van der Waals surface area contributed by atoms with Crippen molar-refractivity contribution in [2.24, 2.45) is 0 Å². The predicted octanol–water partition coefficient (Wildman–Crippen LogP) is 3.33. The molecule has 0 spiro atoms. The molecule has 3 aromatic rings. The predicted molar refractivity (Wildman–Crippen MR) is 75.6 cm³/mol. The molecule has 0 atom stereocenters. The highest BCUT2D eigenvalue weighted by atomic mass is 16.5. The van der Waals surface area contributed by atoms with Crippen LogP contribution in [0.15, 0.2) is 42.7 Å². The van der Waals surface area contributed by atoms with Gasteiger partial charge in [0.25, 0.3) is 0 Å². The first-order chi connectivity index (χ1) is 9.15. The summed E-state index contributed by atoms with van der Waals surface area (Å²) in [4.78, 5) is 4.24. The van der Waals surface area contributed by atoms with Crippen molar-refractivity contribution in [1.82, 2.24) is 9.38 Å². The maximum atomic E-state index is 5.98. The van der Waals surface area contributed by atoms with Gasteiger partial charge >= 0.3 is 0 Å². The molecule has 0 saturated carbocycles. The van der Waals surface area contributed by atoms with Crippen molar-refractivity contribution >= 4 is 11.3 Å². The molecule has 2 heterocycles. The number of benzene rings is 1. The number of aryl methyl sites for hydroxylation is 2. The van der Waals surface area contributed by atoms with Crippen LogP contribution < -0.4 is 10.5 Å². The number of anilines is 1. The summed E-state index contributed by atoms with van der Waals surface area (Å²) in [6.45, 7) is 3.96. The van der Waals surface area contributed by atoms with E-state index in [2.05, 4.69) is 4.98 Å². The Kier molecular flexibility index (Phi) is 2.63. The van der Waals surface area contributed by atoms with Gasteiger partial charge in [0.15, 0.2) is 0 Å². The van der Waals surface area contributed by atoms with Crippen LogP contribution in [0.1, 0.15) is 11.1 Å². The van der Waals surface area contributed by atoms with Crippen LogP contribution in [0.3, 0.4) is 0 Å². The van der Waals surface area contributed by atoms with E-state index in [1.54, 1.807) is 6.20 Å². The Balaban J connectivity index is 2.06. The van der Waals surface area contributed by atoms with Crippen LogP contribution in [-0.4, -0.2) is 9.38 Å². The first-order valence-corrected chi connectivity index (χ1v) is 6.12. The van der Waals surface area contributed by atoms with E-state index < -0.39 is 0 Å². The third-order valence-corrected chi connectivity index (χ3v) is 3.17. The van der Waals surface area contributed by atoms with Gasteiger partial charge in [-0.1, -0.05) is 6.07 Å². The zero-order valence-electron chi connectivity index (χ0n) is 10.9. The van der Waals surface area contributed by atoms with E-state index in [-0.39, 0.29) is 0 Å². The lowest BCUT2D eigenvalue weighted by Gasteiger charge is -2.12. The number of pyridine rings is 1. The van der Waals surface area contributed by atoms with Crippen LogP contribution in [0.5, 0.6) is 11.6 Å². The molecule has 0 aliphatic carbocycles. The van der Waals surface area contributed by atoms with Gasteiger partial charge in [-0.25, -0.2) is 4.98 Å². The summed E-state index contributed by atoms with van der Waals surface area (Å²) in [5.41, 5.74) is 9.56. The van der Waals surface area contributed by atoms with E-state index >= 15 is 0 Å². The number of nitrogens with zero attached hydrogens (tertiary/aromatic N) is 2. The number of nitrogens with two attached hydrogens (primary N) is 1. The second kappa shape index (κ2) is 4.31. The molecule has 4 nitrogen and oxygen atoms in total. The molecule has 0 bridgehead atoms. The number of ether oxygens (including phenoxy) is 1. The van der Waals surface area contributed by atoms with Crippen LogP contribution >= 0.6 is 0 Å². The number of rotatable bonds is 2.